The molecule has 0 spiro atoms. The molecular formula is C17H17BrN4O. The Labute approximate surface area is 142 Å². The van der Waals surface area contributed by atoms with Crippen molar-refractivity contribution < 1.29 is 4.79 Å². The van der Waals surface area contributed by atoms with Crippen molar-refractivity contribution in [3.8, 4) is 0 Å². The van der Waals surface area contributed by atoms with Crippen LogP contribution in [0.1, 0.15) is 35.8 Å². The number of hydrogen-bond donors (Lipinski definition) is 1. The van der Waals surface area contributed by atoms with E-state index in [1.165, 1.54) is 0 Å². The molecule has 3 rings (SSSR count). The Morgan fingerprint density at radius 2 is 2.00 bits per heavy atom. The van der Waals surface area contributed by atoms with E-state index in [1.54, 1.807) is 12.1 Å². The van der Waals surface area contributed by atoms with Gasteiger partial charge in [0.1, 0.15) is 5.52 Å². The largest absolute Gasteiger partial charge is 0.321 e. The summed E-state index contributed by atoms with van der Waals surface area (Å²) in [5.41, 5.74) is 4.07. The monoisotopic (exact) mass is 372 g/mol. The van der Waals surface area contributed by atoms with Crippen LogP contribution in [0, 0.1) is 6.92 Å². The molecule has 0 fully saturated rings. The number of nitrogens with one attached hydrogen (secondary N) is 1. The van der Waals surface area contributed by atoms with Gasteiger partial charge in [-0.15, -0.1) is 5.10 Å². The number of nitrogens with zero attached hydrogens (tertiary/aromatic N) is 3. The summed E-state index contributed by atoms with van der Waals surface area (Å²) < 4.78 is 2.70. The first kappa shape index (κ1) is 15.7. The number of benzene rings is 2. The van der Waals surface area contributed by atoms with Crippen molar-refractivity contribution in [2.75, 3.05) is 5.32 Å². The summed E-state index contributed by atoms with van der Waals surface area (Å²) in [5, 5.41) is 11.2. The highest BCUT2D eigenvalue weighted by Crippen LogP contribution is 2.24. The van der Waals surface area contributed by atoms with Gasteiger partial charge >= 0.3 is 0 Å². The fourth-order valence-corrected chi connectivity index (χ4v) is 2.97. The van der Waals surface area contributed by atoms with Crippen molar-refractivity contribution in [1.29, 1.82) is 0 Å². The minimum absolute atomic E-state index is 0.171. The highest BCUT2D eigenvalue weighted by molar-refractivity contribution is 9.10. The molecule has 0 aliphatic heterocycles. The lowest BCUT2D eigenvalue weighted by Gasteiger charge is -2.09. The zero-order valence-corrected chi connectivity index (χ0v) is 14.8. The van der Waals surface area contributed by atoms with Gasteiger partial charge in [0.25, 0.3) is 5.91 Å². The van der Waals surface area contributed by atoms with Gasteiger partial charge in [-0.1, -0.05) is 11.3 Å². The third-order valence-electron chi connectivity index (χ3n) is 3.60. The minimum Gasteiger partial charge on any atom is -0.321 e. The van der Waals surface area contributed by atoms with Crippen molar-refractivity contribution >= 4 is 38.6 Å². The summed E-state index contributed by atoms with van der Waals surface area (Å²) in [7, 11) is 0. The van der Waals surface area contributed by atoms with Crippen molar-refractivity contribution in [2.24, 2.45) is 0 Å². The molecule has 0 aliphatic rings. The first-order chi connectivity index (χ1) is 11.0. The predicted octanol–water partition coefficient (Wildman–Crippen LogP) is 4.34. The third-order valence-corrected chi connectivity index (χ3v) is 4.25. The summed E-state index contributed by atoms with van der Waals surface area (Å²) in [4.78, 5) is 12.4. The molecule has 0 bridgehead atoms. The maximum Gasteiger partial charge on any atom is 0.255 e. The topological polar surface area (TPSA) is 59.8 Å². The molecule has 0 atom stereocenters. The summed E-state index contributed by atoms with van der Waals surface area (Å²) in [6, 6.07) is 11.5. The molecule has 0 saturated heterocycles. The van der Waals surface area contributed by atoms with Gasteiger partial charge in [0.05, 0.1) is 11.2 Å². The van der Waals surface area contributed by atoms with Gasteiger partial charge < -0.3 is 5.32 Å². The molecule has 5 nitrogen and oxygen atoms in total. The number of carbonyl (C=O) groups is 1. The number of fused-ring (bicyclic) bond motifs is 1. The normalized spacial score (nSPS) is 11.2. The molecule has 3 aromatic rings. The van der Waals surface area contributed by atoms with Crippen molar-refractivity contribution in [3.63, 3.8) is 0 Å². The van der Waals surface area contributed by atoms with Crippen LogP contribution in [-0.2, 0) is 0 Å². The summed E-state index contributed by atoms with van der Waals surface area (Å²) in [6.45, 7) is 6.09. The molecule has 0 aliphatic carbocycles. The molecule has 1 N–H and O–H groups in total. The lowest BCUT2D eigenvalue weighted by Crippen LogP contribution is -2.12. The fraction of sp³-hybridized carbons (Fsp3) is 0.235. The fourth-order valence-electron chi connectivity index (χ4n) is 2.38. The Hall–Kier alpha value is -2.21. The average molecular weight is 373 g/mol. The molecule has 23 heavy (non-hydrogen) atoms. The Morgan fingerprint density at radius 1 is 1.22 bits per heavy atom. The van der Waals surface area contributed by atoms with Gasteiger partial charge in [-0.2, -0.15) is 0 Å². The second-order valence-corrected chi connectivity index (χ2v) is 6.62. The van der Waals surface area contributed by atoms with E-state index in [4.69, 9.17) is 0 Å². The number of amides is 1. The SMILES string of the molecule is Cc1ccc(NC(=O)c2ccc3c(c2)nnn3C(C)C)c(Br)c1. The molecule has 118 valence electrons. The number of carbonyl (C=O) groups excluding carboxylic acids is 1. The third kappa shape index (κ3) is 3.12. The molecule has 1 aromatic heterocycles. The van der Waals surface area contributed by atoms with Crippen LogP contribution in [-0.4, -0.2) is 20.9 Å². The molecule has 6 heteroatoms. The quantitative estimate of drug-likeness (QED) is 0.743. The van der Waals surface area contributed by atoms with Gasteiger partial charge in [0.15, 0.2) is 0 Å². The number of aromatic nitrogens is 3. The van der Waals surface area contributed by atoms with Crippen LogP contribution in [0.3, 0.4) is 0 Å². The molecule has 1 heterocycles. The summed E-state index contributed by atoms with van der Waals surface area (Å²) in [5.74, 6) is -0.171. The van der Waals surface area contributed by atoms with Gasteiger partial charge in [-0.3, -0.25) is 4.79 Å². The van der Waals surface area contributed by atoms with Crippen molar-refractivity contribution in [3.05, 3.63) is 52.0 Å². The Balaban J connectivity index is 1.89. The molecule has 2 aromatic carbocycles. The van der Waals surface area contributed by atoms with Gasteiger partial charge in [-0.25, -0.2) is 4.68 Å². The first-order valence-electron chi connectivity index (χ1n) is 7.38. The van der Waals surface area contributed by atoms with Crippen LogP contribution in [0.15, 0.2) is 40.9 Å². The second-order valence-electron chi connectivity index (χ2n) is 5.77. The highest BCUT2D eigenvalue weighted by Gasteiger charge is 2.12. The summed E-state index contributed by atoms with van der Waals surface area (Å²) in [6.07, 6.45) is 0. The van der Waals surface area contributed by atoms with Crippen LogP contribution in [0.2, 0.25) is 0 Å². The molecule has 0 radical (unpaired) electrons. The number of anilines is 1. The van der Waals surface area contributed by atoms with E-state index >= 15 is 0 Å². The van der Waals surface area contributed by atoms with Crippen LogP contribution in [0.4, 0.5) is 5.69 Å². The van der Waals surface area contributed by atoms with Crippen LogP contribution in [0.5, 0.6) is 0 Å². The zero-order chi connectivity index (χ0) is 16.6. The standard InChI is InChI=1S/C17H17BrN4O/c1-10(2)22-16-7-5-12(9-15(16)20-21-22)17(23)19-14-6-4-11(3)8-13(14)18/h4-10H,1-3H3,(H,19,23). The lowest BCUT2D eigenvalue weighted by molar-refractivity contribution is 0.102. The average Bonchev–Trinajstić information content (AvgIpc) is 2.93. The van der Waals surface area contributed by atoms with Gasteiger partial charge in [0.2, 0.25) is 0 Å². The van der Waals surface area contributed by atoms with Crippen LogP contribution >= 0.6 is 15.9 Å². The zero-order valence-electron chi connectivity index (χ0n) is 13.2. The Morgan fingerprint density at radius 3 is 2.70 bits per heavy atom. The Kier molecular flexibility index (Phi) is 4.17. The lowest BCUT2D eigenvalue weighted by atomic mass is 10.1. The van der Waals surface area contributed by atoms with E-state index in [-0.39, 0.29) is 11.9 Å². The van der Waals surface area contributed by atoms with Crippen LogP contribution in [0.25, 0.3) is 11.0 Å². The summed E-state index contributed by atoms with van der Waals surface area (Å²) >= 11 is 3.47. The Bertz CT molecular complexity index is 885. The second kappa shape index (κ2) is 6.12. The number of halogens is 1. The first-order valence-corrected chi connectivity index (χ1v) is 8.17. The van der Waals surface area contributed by atoms with Crippen molar-refractivity contribution in [2.45, 2.75) is 26.8 Å². The number of hydrogen-bond acceptors (Lipinski definition) is 3. The van der Waals surface area contributed by atoms with Crippen LogP contribution < -0.4 is 5.32 Å². The van der Waals surface area contributed by atoms with E-state index in [9.17, 15) is 4.79 Å². The predicted molar refractivity (Wildman–Crippen MR) is 94.7 cm³/mol. The molecule has 0 unspecified atom stereocenters. The maximum atomic E-state index is 12.4. The molecular weight excluding hydrogens is 356 g/mol. The highest BCUT2D eigenvalue weighted by atomic mass is 79.9. The molecule has 0 saturated carbocycles. The van der Waals surface area contributed by atoms with E-state index in [0.29, 0.717) is 11.1 Å². The van der Waals surface area contributed by atoms with E-state index in [0.717, 1.165) is 21.2 Å². The van der Waals surface area contributed by atoms with E-state index in [2.05, 4.69) is 31.6 Å². The maximum absolute atomic E-state index is 12.4. The van der Waals surface area contributed by atoms with E-state index < -0.39 is 0 Å². The minimum atomic E-state index is -0.171. The van der Waals surface area contributed by atoms with E-state index in [1.807, 2.05) is 49.7 Å². The van der Waals surface area contributed by atoms with Crippen molar-refractivity contribution in [1.82, 2.24) is 15.0 Å². The smallest absolute Gasteiger partial charge is 0.255 e. The number of rotatable bonds is 3. The van der Waals surface area contributed by atoms with Gasteiger partial charge in [0, 0.05) is 16.1 Å². The van der Waals surface area contributed by atoms with Gasteiger partial charge in [-0.05, 0) is 72.6 Å². The molecule has 1 amide bonds. The number of aryl methyl sites for hydroxylation is 1.